The lowest BCUT2D eigenvalue weighted by Crippen LogP contribution is -2.24. The van der Waals surface area contributed by atoms with Gasteiger partial charge in [-0.05, 0) is 31.5 Å². The fourth-order valence-corrected chi connectivity index (χ4v) is 2.14. The number of fused-ring (bicyclic) bond motifs is 1. The van der Waals surface area contributed by atoms with Crippen LogP contribution in [0.3, 0.4) is 0 Å². The molecule has 0 atom stereocenters. The van der Waals surface area contributed by atoms with Crippen LogP contribution in [-0.2, 0) is 13.0 Å². The third-order valence-corrected chi connectivity index (χ3v) is 3.13. The number of benzene rings is 1. The van der Waals surface area contributed by atoms with Crippen molar-refractivity contribution in [2.24, 2.45) is 0 Å². The number of hydrogen-bond acceptors (Lipinski definition) is 3. The summed E-state index contributed by atoms with van der Waals surface area (Å²) in [6.45, 7) is 4.76. The van der Waals surface area contributed by atoms with Crippen molar-refractivity contribution in [3.05, 3.63) is 34.4 Å². The largest absolute Gasteiger partial charge is 0.399 e. The van der Waals surface area contributed by atoms with Gasteiger partial charge in [0.05, 0.1) is 10.9 Å². The molecule has 1 aromatic carbocycles. The molecule has 0 radical (unpaired) electrons. The number of aryl methyl sites for hydroxylation is 1. The zero-order chi connectivity index (χ0) is 13.1. The average Bonchev–Trinajstić information content (AvgIpc) is 2.36. The van der Waals surface area contributed by atoms with Gasteiger partial charge < -0.3 is 5.73 Å². The summed E-state index contributed by atoms with van der Waals surface area (Å²) >= 11 is 0. The second-order valence-corrected chi connectivity index (χ2v) is 4.46. The highest BCUT2D eigenvalue weighted by atomic mass is 16.1. The van der Waals surface area contributed by atoms with Gasteiger partial charge in [0.2, 0.25) is 0 Å². The SMILES string of the molecule is CCCCc1nc2cc(N)ccc2c(=O)n1CC. The Morgan fingerprint density at radius 2 is 2.11 bits per heavy atom. The minimum absolute atomic E-state index is 0.0357. The monoisotopic (exact) mass is 245 g/mol. The number of anilines is 1. The van der Waals surface area contributed by atoms with Crippen LogP contribution in [0.25, 0.3) is 10.9 Å². The van der Waals surface area contributed by atoms with Crippen LogP contribution in [0.2, 0.25) is 0 Å². The summed E-state index contributed by atoms with van der Waals surface area (Å²) in [5, 5.41) is 0.645. The Balaban J connectivity index is 2.65. The van der Waals surface area contributed by atoms with Gasteiger partial charge in [0.15, 0.2) is 0 Å². The van der Waals surface area contributed by atoms with Gasteiger partial charge in [0.25, 0.3) is 5.56 Å². The maximum absolute atomic E-state index is 12.3. The fourth-order valence-electron chi connectivity index (χ4n) is 2.14. The molecule has 1 heterocycles. The number of nitrogens with zero attached hydrogens (tertiary/aromatic N) is 2. The molecule has 0 aliphatic carbocycles. The summed E-state index contributed by atoms with van der Waals surface area (Å²) in [7, 11) is 0. The Morgan fingerprint density at radius 1 is 1.33 bits per heavy atom. The number of aromatic nitrogens is 2. The first kappa shape index (κ1) is 12.6. The van der Waals surface area contributed by atoms with Gasteiger partial charge in [0.1, 0.15) is 5.82 Å². The molecule has 0 spiro atoms. The highest BCUT2D eigenvalue weighted by molar-refractivity contribution is 5.80. The molecule has 2 N–H and O–H groups in total. The van der Waals surface area contributed by atoms with Gasteiger partial charge >= 0.3 is 0 Å². The van der Waals surface area contributed by atoms with Crippen LogP contribution in [0.15, 0.2) is 23.0 Å². The van der Waals surface area contributed by atoms with E-state index in [9.17, 15) is 4.79 Å². The zero-order valence-corrected chi connectivity index (χ0v) is 10.9. The van der Waals surface area contributed by atoms with Gasteiger partial charge in [0, 0.05) is 18.7 Å². The van der Waals surface area contributed by atoms with Gasteiger partial charge in [-0.1, -0.05) is 13.3 Å². The van der Waals surface area contributed by atoms with Crippen LogP contribution in [0, 0.1) is 0 Å². The number of rotatable bonds is 4. The van der Waals surface area contributed by atoms with Crippen LogP contribution >= 0.6 is 0 Å². The van der Waals surface area contributed by atoms with E-state index in [1.165, 1.54) is 0 Å². The number of hydrogen-bond donors (Lipinski definition) is 1. The lowest BCUT2D eigenvalue weighted by molar-refractivity contribution is 0.630. The molecular weight excluding hydrogens is 226 g/mol. The van der Waals surface area contributed by atoms with Crippen molar-refractivity contribution in [1.29, 1.82) is 0 Å². The van der Waals surface area contributed by atoms with Gasteiger partial charge in [-0.15, -0.1) is 0 Å². The van der Waals surface area contributed by atoms with E-state index in [0.29, 0.717) is 23.1 Å². The first-order valence-corrected chi connectivity index (χ1v) is 6.46. The molecule has 1 aromatic heterocycles. The summed E-state index contributed by atoms with van der Waals surface area (Å²) in [5.41, 5.74) is 7.13. The molecule has 0 saturated heterocycles. The molecule has 0 fully saturated rings. The Bertz CT molecular complexity index is 616. The Morgan fingerprint density at radius 3 is 2.78 bits per heavy atom. The summed E-state index contributed by atoms with van der Waals surface area (Å²) in [4.78, 5) is 16.9. The van der Waals surface area contributed by atoms with E-state index >= 15 is 0 Å². The van der Waals surface area contributed by atoms with Crippen molar-refractivity contribution in [2.45, 2.75) is 39.7 Å². The molecule has 0 aliphatic rings. The molecule has 4 nitrogen and oxygen atoms in total. The molecule has 4 heteroatoms. The smallest absolute Gasteiger partial charge is 0.261 e. The molecule has 2 aromatic rings. The molecule has 0 aliphatic heterocycles. The zero-order valence-electron chi connectivity index (χ0n) is 10.9. The van der Waals surface area contributed by atoms with Crippen molar-refractivity contribution in [2.75, 3.05) is 5.73 Å². The maximum atomic E-state index is 12.3. The Kier molecular flexibility index (Phi) is 3.65. The lowest BCUT2D eigenvalue weighted by Gasteiger charge is -2.11. The van der Waals surface area contributed by atoms with Crippen LogP contribution in [0.4, 0.5) is 5.69 Å². The van der Waals surface area contributed by atoms with E-state index < -0.39 is 0 Å². The van der Waals surface area contributed by atoms with E-state index in [1.54, 1.807) is 22.8 Å². The standard InChI is InChI=1S/C14H19N3O/c1-3-5-6-13-16-12-9-10(15)7-8-11(12)14(18)17(13)4-2/h7-9H,3-6,15H2,1-2H3. The molecule has 0 bridgehead atoms. The van der Waals surface area contributed by atoms with E-state index in [4.69, 9.17) is 5.73 Å². The predicted molar refractivity (Wildman–Crippen MR) is 74.7 cm³/mol. The first-order valence-electron chi connectivity index (χ1n) is 6.46. The highest BCUT2D eigenvalue weighted by Crippen LogP contribution is 2.13. The second-order valence-electron chi connectivity index (χ2n) is 4.46. The maximum Gasteiger partial charge on any atom is 0.261 e. The van der Waals surface area contributed by atoms with Crippen molar-refractivity contribution in [3.63, 3.8) is 0 Å². The van der Waals surface area contributed by atoms with E-state index in [2.05, 4.69) is 11.9 Å². The summed E-state index contributed by atoms with van der Waals surface area (Å²) in [6.07, 6.45) is 2.97. The minimum Gasteiger partial charge on any atom is -0.399 e. The molecule has 18 heavy (non-hydrogen) atoms. The first-order chi connectivity index (χ1) is 8.67. The third kappa shape index (κ3) is 2.23. The third-order valence-electron chi connectivity index (χ3n) is 3.13. The van der Waals surface area contributed by atoms with Crippen LogP contribution in [0.5, 0.6) is 0 Å². The molecule has 0 saturated carbocycles. The fraction of sp³-hybridized carbons (Fsp3) is 0.429. The van der Waals surface area contributed by atoms with E-state index in [1.807, 2.05) is 6.92 Å². The topological polar surface area (TPSA) is 60.9 Å². The highest BCUT2D eigenvalue weighted by Gasteiger charge is 2.09. The van der Waals surface area contributed by atoms with Crippen molar-refractivity contribution in [3.8, 4) is 0 Å². The predicted octanol–water partition coefficient (Wildman–Crippen LogP) is 2.34. The summed E-state index contributed by atoms with van der Waals surface area (Å²) < 4.78 is 1.76. The minimum atomic E-state index is 0.0357. The van der Waals surface area contributed by atoms with Crippen LogP contribution in [-0.4, -0.2) is 9.55 Å². The number of nitrogens with two attached hydrogens (primary N) is 1. The van der Waals surface area contributed by atoms with Gasteiger partial charge in [-0.3, -0.25) is 9.36 Å². The molecule has 0 amide bonds. The molecular formula is C14H19N3O. The Hall–Kier alpha value is -1.84. The average molecular weight is 245 g/mol. The summed E-state index contributed by atoms with van der Waals surface area (Å²) in [6, 6.07) is 5.28. The lowest BCUT2D eigenvalue weighted by atomic mass is 10.2. The van der Waals surface area contributed by atoms with Crippen molar-refractivity contribution in [1.82, 2.24) is 9.55 Å². The van der Waals surface area contributed by atoms with Crippen LogP contribution < -0.4 is 11.3 Å². The number of nitrogen functional groups attached to an aromatic ring is 1. The number of unbranched alkanes of at least 4 members (excludes halogenated alkanes) is 1. The normalized spacial score (nSPS) is 11.0. The molecule has 96 valence electrons. The van der Waals surface area contributed by atoms with E-state index in [0.717, 1.165) is 25.1 Å². The van der Waals surface area contributed by atoms with Crippen molar-refractivity contribution >= 4 is 16.6 Å². The quantitative estimate of drug-likeness (QED) is 0.841. The van der Waals surface area contributed by atoms with Gasteiger partial charge in [-0.25, -0.2) is 4.98 Å². The second kappa shape index (κ2) is 5.21. The van der Waals surface area contributed by atoms with Gasteiger partial charge in [-0.2, -0.15) is 0 Å². The Labute approximate surface area is 106 Å². The molecule has 2 rings (SSSR count). The van der Waals surface area contributed by atoms with Crippen molar-refractivity contribution < 1.29 is 0 Å². The van der Waals surface area contributed by atoms with Crippen LogP contribution in [0.1, 0.15) is 32.5 Å². The molecule has 0 unspecified atom stereocenters. The summed E-state index contributed by atoms with van der Waals surface area (Å²) in [5.74, 6) is 0.863. The van der Waals surface area contributed by atoms with E-state index in [-0.39, 0.29) is 5.56 Å².